The molecule has 0 aliphatic rings. The average Bonchev–Trinajstić information content (AvgIpc) is 3.22. The van der Waals surface area contributed by atoms with Crippen molar-refractivity contribution in [1.29, 1.82) is 0 Å². The third-order valence-electron chi connectivity index (χ3n) is 9.38. The molecule has 6 rings (SSSR count). The summed E-state index contributed by atoms with van der Waals surface area (Å²) in [6, 6.07) is 36.9. The Morgan fingerprint density at radius 3 is 2.34 bits per heavy atom. The number of aromatic nitrogens is 1. The maximum absolute atomic E-state index is 13.9. The zero-order valence-corrected chi connectivity index (χ0v) is 30.9. The molecule has 56 heavy (non-hydrogen) atoms. The predicted octanol–water partition coefficient (Wildman–Crippen LogP) is 6.53. The number of ether oxygens (including phenoxy) is 2. The van der Waals surface area contributed by atoms with Gasteiger partial charge in [-0.25, -0.2) is 4.79 Å². The van der Waals surface area contributed by atoms with Crippen LogP contribution in [-0.4, -0.2) is 63.9 Å². The van der Waals surface area contributed by atoms with Gasteiger partial charge in [0.2, 0.25) is 5.56 Å². The molecule has 288 valence electrons. The summed E-state index contributed by atoms with van der Waals surface area (Å²) < 4.78 is 11.5. The van der Waals surface area contributed by atoms with Gasteiger partial charge in [-0.3, -0.25) is 9.59 Å². The number of hydrogen-bond acceptors (Lipinski definition) is 8. The number of nitrogens with zero attached hydrogens (tertiary/aromatic N) is 1. The Labute approximate surface area is 324 Å². The number of phenolic OH excluding ortho intramolecular Hbond substituents is 1. The number of carboxylic acid groups (broad SMARTS) is 1. The van der Waals surface area contributed by atoms with Crippen LogP contribution < -0.4 is 25.7 Å². The van der Waals surface area contributed by atoms with Crippen LogP contribution in [0.5, 0.6) is 17.2 Å². The molecule has 0 spiro atoms. The van der Waals surface area contributed by atoms with Gasteiger partial charge < -0.3 is 45.3 Å². The quantitative estimate of drug-likeness (QED) is 0.0566. The number of aromatic hydroxyl groups is 1. The van der Waals surface area contributed by atoms with Gasteiger partial charge in [-0.15, -0.1) is 0 Å². The number of pyridine rings is 1. The Bertz CT molecular complexity index is 2310. The number of aliphatic hydroxyl groups excluding tert-OH is 1. The summed E-state index contributed by atoms with van der Waals surface area (Å²) in [7, 11) is 1.60. The van der Waals surface area contributed by atoms with Crippen LogP contribution >= 0.6 is 0 Å². The van der Waals surface area contributed by atoms with E-state index >= 15 is 0 Å². The minimum absolute atomic E-state index is 0.0715. The topological polar surface area (TPSA) is 173 Å². The Morgan fingerprint density at radius 1 is 0.821 bits per heavy atom. The summed E-state index contributed by atoms with van der Waals surface area (Å²) >= 11 is 0. The van der Waals surface area contributed by atoms with Gasteiger partial charge >= 0.3 is 6.09 Å². The predicted molar refractivity (Wildman–Crippen MR) is 213 cm³/mol. The van der Waals surface area contributed by atoms with E-state index in [4.69, 9.17) is 9.47 Å². The summed E-state index contributed by atoms with van der Waals surface area (Å²) in [5.74, 6) is 1.06. The van der Waals surface area contributed by atoms with Crippen molar-refractivity contribution >= 4 is 22.9 Å². The minimum Gasteiger partial charge on any atom is -0.506 e. The number of methoxy groups -OCH3 is 1. The van der Waals surface area contributed by atoms with Crippen LogP contribution in [0.3, 0.4) is 0 Å². The maximum atomic E-state index is 13.9. The van der Waals surface area contributed by atoms with Crippen molar-refractivity contribution in [2.24, 2.45) is 0 Å². The highest BCUT2D eigenvalue weighted by Gasteiger charge is 2.19. The molecule has 2 atom stereocenters. The second-order valence-electron chi connectivity index (χ2n) is 13.3. The molecule has 6 N–H and O–H groups in total. The number of phenols is 1. The molecule has 1 aromatic heterocycles. The second kappa shape index (κ2) is 18.6. The van der Waals surface area contributed by atoms with Crippen molar-refractivity contribution in [3.05, 3.63) is 171 Å². The lowest BCUT2D eigenvalue weighted by Gasteiger charge is -2.24. The first-order chi connectivity index (χ1) is 27.2. The van der Waals surface area contributed by atoms with Gasteiger partial charge in [0.1, 0.15) is 23.9 Å². The van der Waals surface area contributed by atoms with Gasteiger partial charge in [0.05, 0.1) is 24.8 Å². The van der Waals surface area contributed by atoms with E-state index in [-0.39, 0.29) is 35.9 Å². The number of nitrogens with one attached hydrogen (secondary N) is 3. The molecule has 0 saturated carbocycles. The van der Waals surface area contributed by atoms with Crippen molar-refractivity contribution in [3.8, 4) is 17.2 Å². The Balaban J connectivity index is 1.08. The first-order valence-electron chi connectivity index (χ1n) is 18.2. The molecule has 0 saturated heterocycles. The zero-order valence-electron chi connectivity index (χ0n) is 30.9. The Morgan fingerprint density at radius 2 is 1.57 bits per heavy atom. The average molecular weight is 757 g/mol. The van der Waals surface area contributed by atoms with E-state index in [0.29, 0.717) is 54.1 Å². The number of fused-ring (bicyclic) bond motifs is 1. The highest BCUT2D eigenvalue weighted by molar-refractivity contribution is 5.94. The SMILES string of the molecule is COc1cccc(CN(CCCNC[C@H](O)c2ccc(O)c3[nH]c(=O)ccc23)C(=O)c2ccc(COc3cccc([C@@H](NC(=O)O)c4ccccc4)c3)cc2)c1. The van der Waals surface area contributed by atoms with Gasteiger partial charge in [0.25, 0.3) is 5.91 Å². The number of rotatable bonds is 17. The second-order valence-corrected chi connectivity index (χ2v) is 13.3. The molecule has 0 radical (unpaired) electrons. The van der Waals surface area contributed by atoms with Crippen LogP contribution in [0.2, 0.25) is 0 Å². The molecule has 12 nitrogen and oxygen atoms in total. The van der Waals surface area contributed by atoms with E-state index in [0.717, 1.165) is 22.3 Å². The third-order valence-corrected chi connectivity index (χ3v) is 9.38. The molecule has 5 aromatic carbocycles. The molecule has 2 amide bonds. The van der Waals surface area contributed by atoms with Gasteiger partial charge in [0.15, 0.2) is 0 Å². The normalized spacial score (nSPS) is 12.1. The first-order valence-corrected chi connectivity index (χ1v) is 18.2. The molecule has 6 aromatic rings. The number of carbonyl (C=O) groups excluding carboxylic acids is 1. The first kappa shape index (κ1) is 39.1. The van der Waals surface area contributed by atoms with Gasteiger partial charge in [-0.2, -0.15) is 0 Å². The summed E-state index contributed by atoms with van der Waals surface area (Å²) in [6.45, 7) is 1.77. The molecule has 0 aliphatic heterocycles. The summed E-state index contributed by atoms with van der Waals surface area (Å²) in [4.78, 5) is 41.7. The van der Waals surface area contributed by atoms with E-state index in [1.165, 1.54) is 12.1 Å². The fourth-order valence-electron chi connectivity index (χ4n) is 6.54. The summed E-state index contributed by atoms with van der Waals surface area (Å²) in [5, 5.41) is 37.0. The number of aromatic amines is 1. The Kier molecular flexibility index (Phi) is 13.0. The molecular formula is C44H44N4O8. The summed E-state index contributed by atoms with van der Waals surface area (Å²) in [5.41, 5.74) is 4.33. The van der Waals surface area contributed by atoms with Gasteiger partial charge in [-0.1, -0.05) is 72.8 Å². The van der Waals surface area contributed by atoms with E-state index in [1.54, 1.807) is 36.3 Å². The number of aliphatic hydroxyl groups is 1. The van der Waals surface area contributed by atoms with Gasteiger partial charge in [0, 0.05) is 36.7 Å². The highest BCUT2D eigenvalue weighted by atomic mass is 16.5. The fourth-order valence-corrected chi connectivity index (χ4v) is 6.54. The monoisotopic (exact) mass is 756 g/mol. The van der Waals surface area contributed by atoms with Crippen molar-refractivity contribution in [3.63, 3.8) is 0 Å². The maximum Gasteiger partial charge on any atom is 0.405 e. The van der Waals surface area contributed by atoms with Crippen LogP contribution in [-0.2, 0) is 13.2 Å². The van der Waals surface area contributed by atoms with Crippen molar-refractivity contribution < 1.29 is 34.4 Å². The number of H-pyrrole nitrogens is 1. The lowest BCUT2D eigenvalue weighted by molar-refractivity contribution is 0.0740. The van der Waals surface area contributed by atoms with Crippen molar-refractivity contribution in [2.45, 2.75) is 31.7 Å². The van der Waals surface area contributed by atoms with Crippen LogP contribution in [0.25, 0.3) is 10.9 Å². The van der Waals surface area contributed by atoms with E-state index in [1.807, 2.05) is 91.0 Å². The highest BCUT2D eigenvalue weighted by Crippen LogP contribution is 2.29. The van der Waals surface area contributed by atoms with Gasteiger partial charge in [-0.05, 0) is 89.3 Å². The number of hydrogen-bond donors (Lipinski definition) is 6. The molecule has 1 heterocycles. The Hall–Kier alpha value is -6.63. The standard InChI is InChI=1S/C44H44N4O8/c1-55-34-12-5-8-30(24-34)27-48(23-7-22-45-26-39(50)36-18-20-38(49)42-37(36)19-21-40(51)46-42)43(52)32-16-14-29(15-17-32)28-56-35-13-6-11-33(25-35)41(47-44(53)54)31-9-3-2-4-10-31/h2-6,8-21,24-25,39,41,45,47,49-50H,7,22-23,26-28H2,1H3,(H,46,51)(H,53,54)/t39-,41-/m0/s1. The molecule has 0 aliphatic carbocycles. The van der Waals surface area contributed by atoms with Crippen LogP contribution in [0.1, 0.15) is 56.7 Å². The fraction of sp³-hybridized carbons (Fsp3) is 0.205. The number of amides is 2. The van der Waals surface area contributed by atoms with Crippen LogP contribution in [0, 0.1) is 0 Å². The molecule has 0 fully saturated rings. The van der Waals surface area contributed by atoms with Crippen molar-refractivity contribution in [2.75, 3.05) is 26.7 Å². The van der Waals surface area contributed by atoms with E-state index in [9.17, 15) is 29.7 Å². The summed E-state index contributed by atoms with van der Waals surface area (Å²) in [6.07, 6.45) is -1.43. The van der Waals surface area contributed by atoms with E-state index in [2.05, 4.69) is 15.6 Å². The van der Waals surface area contributed by atoms with Crippen molar-refractivity contribution in [1.82, 2.24) is 20.5 Å². The number of carbonyl (C=O) groups is 2. The smallest absolute Gasteiger partial charge is 0.405 e. The van der Waals surface area contributed by atoms with Crippen LogP contribution in [0.4, 0.5) is 4.79 Å². The molecular weight excluding hydrogens is 713 g/mol. The minimum atomic E-state index is -1.13. The lowest BCUT2D eigenvalue weighted by Crippen LogP contribution is -2.33. The molecule has 0 unspecified atom stereocenters. The molecule has 0 bridgehead atoms. The molecule has 12 heteroatoms. The lowest BCUT2D eigenvalue weighted by atomic mass is 9.98. The zero-order chi connectivity index (χ0) is 39.4. The largest absolute Gasteiger partial charge is 0.506 e. The third kappa shape index (κ3) is 10.1. The van der Waals surface area contributed by atoms with Crippen LogP contribution in [0.15, 0.2) is 132 Å². The van der Waals surface area contributed by atoms with E-state index < -0.39 is 18.2 Å². The number of benzene rings is 5.